The van der Waals surface area contributed by atoms with Gasteiger partial charge >= 0.3 is 11.9 Å². The van der Waals surface area contributed by atoms with E-state index in [1.54, 1.807) is 0 Å². The Hall–Kier alpha value is -2.09. The zero-order valence-electron chi connectivity index (χ0n) is 11.5. The lowest BCUT2D eigenvalue weighted by Gasteiger charge is -2.14. The highest BCUT2D eigenvalue weighted by molar-refractivity contribution is 5.81. The fraction of sp³-hybridized carbons (Fsp3) is 0.429. The molecule has 1 unspecified atom stereocenters. The van der Waals surface area contributed by atoms with E-state index >= 15 is 0 Å². The highest BCUT2D eigenvalue weighted by atomic mass is 19.4. The standard InChI is InChI=1S/C14H14F3N3O2/c15-14(16,17)9-4-1-5-10-11(9)12(21)20(13(22)19-10)7-8-3-2-6-18-8/h1,4-5,8,18H,2-3,6-7H2,(H,19,22). The molecule has 22 heavy (non-hydrogen) atoms. The molecule has 3 rings (SSSR count). The molecule has 0 saturated carbocycles. The summed E-state index contributed by atoms with van der Waals surface area (Å²) in [6.45, 7) is 0.842. The van der Waals surface area contributed by atoms with Crippen LogP contribution in [-0.4, -0.2) is 22.1 Å². The molecule has 2 N–H and O–H groups in total. The molecule has 0 amide bonds. The van der Waals surface area contributed by atoms with Gasteiger partial charge in [0.05, 0.1) is 16.5 Å². The van der Waals surface area contributed by atoms with Crippen LogP contribution < -0.4 is 16.6 Å². The van der Waals surface area contributed by atoms with Gasteiger partial charge in [-0.2, -0.15) is 13.2 Å². The van der Waals surface area contributed by atoms with E-state index in [9.17, 15) is 22.8 Å². The van der Waals surface area contributed by atoms with Gasteiger partial charge in [-0.3, -0.25) is 9.36 Å². The second-order valence-electron chi connectivity index (χ2n) is 5.37. The topological polar surface area (TPSA) is 66.9 Å². The number of alkyl halides is 3. The van der Waals surface area contributed by atoms with Gasteiger partial charge in [-0.15, -0.1) is 0 Å². The lowest BCUT2D eigenvalue weighted by atomic mass is 10.1. The Balaban J connectivity index is 2.22. The molecule has 1 aromatic carbocycles. The zero-order valence-corrected chi connectivity index (χ0v) is 11.5. The van der Waals surface area contributed by atoms with Crippen LogP contribution in [0.4, 0.5) is 13.2 Å². The molecular weight excluding hydrogens is 299 g/mol. The van der Waals surface area contributed by atoms with Crippen molar-refractivity contribution < 1.29 is 13.2 Å². The molecule has 2 aromatic rings. The third-order valence-electron chi connectivity index (χ3n) is 3.88. The Morgan fingerprint density at radius 1 is 1.27 bits per heavy atom. The number of aromatic amines is 1. The predicted octanol–water partition coefficient (Wildman–Crippen LogP) is 1.46. The van der Waals surface area contributed by atoms with E-state index in [1.165, 1.54) is 12.1 Å². The van der Waals surface area contributed by atoms with Crippen LogP contribution >= 0.6 is 0 Å². The summed E-state index contributed by atoms with van der Waals surface area (Å²) in [4.78, 5) is 26.8. The van der Waals surface area contributed by atoms with Crippen LogP contribution in [0, 0.1) is 0 Å². The van der Waals surface area contributed by atoms with Gasteiger partial charge in [-0.1, -0.05) is 6.07 Å². The number of benzene rings is 1. The molecule has 1 aromatic heterocycles. The Labute approximate surface area is 122 Å². The van der Waals surface area contributed by atoms with Crippen molar-refractivity contribution in [1.82, 2.24) is 14.9 Å². The summed E-state index contributed by atoms with van der Waals surface area (Å²) in [5.41, 5.74) is -2.72. The minimum absolute atomic E-state index is 0.0658. The summed E-state index contributed by atoms with van der Waals surface area (Å²) in [5.74, 6) is 0. The van der Waals surface area contributed by atoms with Gasteiger partial charge in [-0.05, 0) is 31.5 Å². The van der Waals surface area contributed by atoms with Crippen molar-refractivity contribution in [2.75, 3.05) is 6.54 Å². The molecule has 118 valence electrons. The molecule has 0 radical (unpaired) electrons. The molecule has 1 aliphatic heterocycles. The average molecular weight is 313 g/mol. The van der Waals surface area contributed by atoms with Crippen LogP contribution in [0.2, 0.25) is 0 Å². The summed E-state index contributed by atoms with van der Waals surface area (Å²) in [6, 6.07) is 3.24. The largest absolute Gasteiger partial charge is 0.417 e. The van der Waals surface area contributed by atoms with Crippen molar-refractivity contribution in [3.8, 4) is 0 Å². The van der Waals surface area contributed by atoms with Crippen LogP contribution in [0.25, 0.3) is 10.9 Å². The average Bonchev–Trinajstić information content (AvgIpc) is 2.94. The summed E-state index contributed by atoms with van der Waals surface area (Å²) in [5, 5.41) is 2.62. The molecule has 2 heterocycles. The lowest BCUT2D eigenvalue weighted by Crippen LogP contribution is -2.41. The van der Waals surface area contributed by atoms with E-state index in [2.05, 4.69) is 10.3 Å². The monoisotopic (exact) mass is 313 g/mol. The first-order chi connectivity index (χ1) is 10.4. The van der Waals surface area contributed by atoms with Crippen molar-refractivity contribution in [2.24, 2.45) is 0 Å². The van der Waals surface area contributed by atoms with Gasteiger partial charge in [0.25, 0.3) is 5.56 Å². The number of hydrogen-bond donors (Lipinski definition) is 2. The van der Waals surface area contributed by atoms with Crippen molar-refractivity contribution >= 4 is 10.9 Å². The Morgan fingerprint density at radius 3 is 2.68 bits per heavy atom. The molecule has 1 saturated heterocycles. The van der Waals surface area contributed by atoms with Crippen LogP contribution in [0.15, 0.2) is 27.8 Å². The van der Waals surface area contributed by atoms with E-state index in [4.69, 9.17) is 0 Å². The SMILES string of the molecule is O=c1[nH]c2cccc(C(F)(F)F)c2c(=O)n1CC1CCCN1. The van der Waals surface area contributed by atoms with Crippen LogP contribution in [0.1, 0.15) is 18.4 Å². The van der Waals surface area contributed by atoms with Gasteiger partial charge < -0.3 is 10.3 Å². The highest BCUT2D eigenvalue weighted by Gasteiger charge is 2.34. The van der Waals surface area contributed by atoms with Crippen LogP contribution in [0.5, 0.6) is 0 Å². The number of H-pyrrole nitrogens is 1. The molecular formula is C14H14F3N3O2. The number of nitrogens with zero attached hydrogens (tertiary/aromatic N) is 1. The van der Waals surface area contributed by atoms with Crippen molar-refractivity contribution in [3.63, 3.8) is 0 Å². The first kappa shape index (κ1) is 14.8. The predicted molar refractivity (Wildman–Crippen MR) is 74.9 cm³/mol. The van der Waals surface area contributed by atoms with Crippen LogP contribution in [-0.2, 0) is 12.7 Å². The van der Waals surface area contributed by atoms with Gasteiger partial charge in [-0.25, -0.2) is 4.79 Å². The number of fused-ring (bicyclic) bond motifs is 1. The number of nitrogens with one attached hydrogen (secondary N) is 2. The molecule has 0 aliphatic carbocycles. The Morgan fingerprint density at radius 2 is 2.05 bits per heavy atom. The number of halogens is 3. The Bertz CT molecular complexity index is 817. The van der Waals surface area contributed by atoms with Gasteiger partial charge in [0.2, 0.25) is 0 Å². The van der Waals surface area contributed by atoms with Crippen molar-refractivity contribution in [1.29, 1.82) is 0 Å². The van der Waals surface area contributed by atoms with Gasteiger partial charge in [0.15, 0.2) is 0 Å². The molecule has 1 aliphatic rings. The fourth-order valence-electron chi connectivity index (χ4n) is 2.83. The molecule has 1 atom stereocenters. The maximum absolute atomic E-state index is 13.1. The van der Waals surface area contributed by atoms with E-state index in [1.807, 2.05) is 0 Å². The van der Waals surface area contributed by atoms with Gasteiger partial charge in [0.1, 0.15) is 0 Å². The number of rotatable bonds is 2. The molecule has 0 spiro atoms. The summed E-state index contributed by atoms with van der Waals surface area (Å²) < 4.78 is 40.1. The smallest absolute Gasteiger partial charge is 0.312 e. The lowest BCUT2D eigenvalue weighted by molar-refractivity contribution is -0.136. The van der Waals surface area contributed by atoms with Crippen LogP contribution in [0.3, 0.4) is 0 Å². The maximum atomic E-state index is 13.1. The normalized spacial score (nSPS) is 19.0. The zero-order chi connectivity index (χ0) is 15.9. The number of aromatic nitrogens is 2. The maximum Gasteiger partial charge on any atom is 0.417 e. The summed E-state index contributed by atoms with van der Waals surface area (Å²) in [6.07, 6.45) is -2.95. The molecule has 5 nitrogen and oxygen atoms in total. The van der Waals surface area contributed by atoms with E-state index in [-0.39, 0.29) is 18.1 Å². The number of hydrogen-bond acceptors (Lipinski definition) is 3. The third-order valence-corrected chi connectivity index (χ3v) is 3.88. The van der Waals surface area contributed by atoms with E-state index in [0.29, 0.717) is 0 Å². The quantitative estimate of drug-likeness (QED) is 0.882. The van der Waals surface area contributed by atoms with E-state index in [0.717, 1.165) is 30.0 Å². The highest BCUT2D eigenvalue weighted by Crippen LogP contribution is 2.32. The Kier molecular flexibility index (Phi) is 3.56. The first-order valence-corrected chi connectivity index (χ1v) is 6.94. The second-order valence-corrected chi connectivity index (χ2v) is 5.37. The van der Waals surface area contributed by atoms with Gasteiger partial charge in [0, 0.05) is 12.6 Å². The molecule has 0 bridgehead atoms. The molecule has 1 fully saturated rings. The summed E-state index contributed by atoms with van der Waals surface area (Å²) in [7, 11) is 0. The minimum Gasteiger partial charge on any atom is -0.312 e. The second kappa shape index (κ2) is 5.28. The van der Waals surface area contributed by atoms with Crippen molar-refractivity contribution in [3.05, 3.63) is 44.6 Å². The fourth-order valence-corrected chi connectivity index (χ4v) is 2.83. The molecule has 8 heteroatoms. The van der Waals surface area contributed by atoms with E-state index < -0.39 is 28.4 Å². The summed E-state index contributed by atoms with van der Waals surface area (Å²) >= 11 is 0. The first-order valence-electron chi connectivity index (χ1n) is 6.94. The van der Waals surface area contributed by atoms with Crippen molar-refractivity contribution in [2.45, 2.75) is 31.6 Å². The third kappa shape index (κ3) is 2.54. The minimum atomic E-state index is -4.65.